The molecule has 0 saturated carbocycles. The SMILES string of the molecule is CC(C)C1(CNCc2ccoc2)CCNC1. The molecule has 0 aromatic carbocycles. The number of nitrogens with one attached hydrogen (secondary N) is 2. The summed E-state index contributed by atoms with van der Waals surface area (Å²) in [7, 11) is 0. The third kappa shape index (κ3) is 2.47. The van der Waals surface area contributed by atoms with Gasteiger partial charge in [0.2, 0.25) is 0 Å². The number of hydrogen-bond acceptors (Lipinski definition) is 3. The van der Waals surface area contributed by atoms with Crippen molar-refractivity contribution in [2.45, 2.75) is 26.8 Å². The van der Waals surface area contributed by atoms with Crippen LogP contribution < -0.4 is 10.6 Å². The molecule has 1 unspecified atom stereocenters. The van der Waals surface area contributed by atoms with E-state index >= 15 is 0 Å². The Balaban J connectivity index is 1.83. The molecule has 1 aromatic rings. The zero-order valence-corrected chi connectivity index (χ0v) is 10.3. The molecule has 0 spiro atoms. The highest BCUT2D eigenvalue weighted by Gasteiger charge is 2.36. The van der Waals surface area contributed by atoms with Gasteiger partial charge in [0, 0.05) is 25.2 Å². The maximum Gasteiger partial charge on any atom is 0.0947 e. The highest BCUT2D eigenvalue weighted by Crippen LogP contribution is 2.33. The minimum atomic E-state index is 0.434. The topological polar surface area (TPSA) is 37.2 Å². The molecular weight excluding hydrogens is 200 g/mol. The van der Waals surface area contributed by atoms with E-state index in [2.05, 4.69) is 24.5 Å². The predicted molar refractivity (Wildman–Crippen MR) is 65.2 cm³/mol. The molecule has 2 heterocycles. The predicted octanol–water partition coefficient (Wildman–Crippen LogP) is 2.00. The summed E-state index contributed by atoms with van der Waals surface area (Å²) in [6.07, 6.45) is 4.82. The molecule has 0 aliphatic carbocycles. The average Bonchev–Trinajstić information content (AvgIpc) is 2.88. The molecule has 2 rings (SSSR count). The minimum absolute atomic E-state index is 0.434. The van der Waals surface area contributed by atoms with Crippen molar-refractivity contribution in [3.05, 3.63) is 24.2 Å². The molecule has 3 nitrogen and oxygen atoms in total. The number of rotatable bonds is 5. The Kier molecular flexibility index (Phi) is 3.66. The molecule has 1 aromatic heterocycles. The lowest BCUT2D eigenvalue weighted by molar-refractivity contribution is 0.208. The van der Waals surface area contributed by atoms with E-state index in [1.54, 1.807) is 6.26 Å². The standard InChI is InChI=1S/C13H22N2O/c1-11(2)13(4-5-14-9-13)10-15-7-12-3-6-16-8-12/h3,6,8,11,14-15H,4-5,7,9-10H2,1-2H3. The second-order valence-electron chi connectivity index (χ2n) is 5.18. The fraction of sp³-hybridized carbons (Fsp3) is 0.692. The van der Waals surface area contributed by atoms with Gasteiger partial charge < -0.3 is 15.1 Å². The first kappa shape index (κ1) is 11.7. The lowest BCUT2D eigenvalue weighted by Gasteiger charge is -2.33. The molecule has 1 aliphatic rings. The van der Waals surface area contributed by atoms with Crippen LogP contribution in [0.3, 0.4) is 0 Å². The summed E-state index contributed by atoms with van der Waals surface area (Å²) < 4.78 is 5.06. The molecule has 16 heavy (non-hydrogen) atoms. The number of hydrogen-bond donors (Lipinski definition) is 2. The van der Waals surface area contributed by atoms with Gasteiger partial charge in [-0.15, -0.1) is 0 Å². The lowest BCUT2D eigenvalue weighted by Crippen LogP contribution is -2.40. The lowest BCUT2D eigenvalue weighted by atomic mass is 9.76. The first-order chi connectivity index (χ1) is 7.73. The van der Waals surface area contributed by atoms with Crippen molar-refractivity contribution in [2.75, 3.05) is 19.6 Å². The molecule has 1 fully saturated rings. The molecule has 0 radical (unpaired) electrons. The van der Waals surface area contributed by atoms with Gasteiger partial charge in [-0.3, -0.25) is 0 Å². The Morgan fingerprint density at radius 2 is 2.44 bits per heavy atom. The van der Waals surface area contributed by atoms with Crippen LogP contribution in [0, 0.1) is 11.3 Å². The second kappa shape index (κ2) is 5.02. The van der Waals surface area contributed by atoms with Gasteiger partial charge in [0.15, 0.2) is 0 Å². The zero-order chi connectivity index (χ0) is 11.4. The van der Waals surface area contributed by atoms with Crippen LogP contribution >= 0.6 is 0 Å². The molecular formula is C13H22N2O. The van der Waals surface area contributed by atoms with Crippen molar-refractivity contribution in [1.29, 1.82) is 0 Å². The first-order valence-electron chi connectivity index (χ1n) is 6.15. The van der Waals surface area contributed by atoms with Crippen molar-refractivity contribution < 1.29 is 4.42 Å². The van der Waals surface area contributed by atoms with Gasteiger partial charge in [0.1, 0.15) is 0 Å². The van der Waals surface area contributed by atoms with Crippen molar-refractivity contribution in [2.24, 2.45) is 11.3 Å². The van der Waals surface area contributed by atoms with E-state index in [9.17, 15) is 0 Å². The maximum absolute atomic E-state index is 5.06. The highest BCUT2D eigenvalue weighted by molar-refractivity contribution is 5.05. The van der Waals surface area contributed by atoms with E-state index < -0.39 is 0 Å². The highest BCUT2D eigenvalue weighted by atomic mass is 16.3. The number of furan rings is 1. The van der Waals surface area contributed by atoms with Gasteiger partial charge in [-0.25, -0.2) is 0 Å². The quantitative estimate of drug-likeness (QED) is 0.800. The van der Waals surface area contributed by atoms with Crippen LogP contribution in [0.25, 0.3) is 0 Å². The summed E-state index contributed by atoms with van der Waals surface area (Å²) >= 11 is 0. The van der Waals surface area contributed by atoms with Gasteiger partial charge in [0.05, 0.1) is 12.5 Å². The minimum Gasteiger partial charge on any atom is -0.472 e. The first-order valence-corrected chi connectivity index (χ1v) is 6.15. The fourth-order valence-corrected chi connectivity index (χ4v) is 2.46. The van der Waals surface area contributed by atoms with Gasteiger partial charge in [-0.2, -0.15) is 0 Å². The summed E-state index contributed by atoms with van der Waals surface area (Å²) in [6, 6.07) is 2.02. The molecule has 1 saturated heterocycles. The molecule has 2 N–H and O–H groups in total. The van der Waals surface area contributed by atoms with E-state index in [4.69, 9.17) is 4.42 Å². The summed E-state index contributed by atoms with van der Waals surface area (Å²) in [4.78, 5) is 0. The summed E-state index contributed by atoms with van der Waals surface area (Å²) in [5.41, 5.74) is 1.66. The van der Waals surface area contributed by atoms with Crippen LogP contribution in [0.15, 0.2) is 23.0 Å². The Hall–Kier alpha value is -0.800. The van der Waals surface area contributed by atoms with Gasteiger partial charge in [-0.1, -0.05) is 13.8 Å². The van der Waals surface area contributed by atoms with Crippen LogP contribution in [0.1, 0.15) is 25.8 Å². The van der Waals surface area contributed by atoms with Crippen molar-refractivity contribution >= 4 is 0 Å². The van der Waals surface area contributed by atoms with Gasteiger partial charge >= 0.3 is 0 Å². The van der Waals surface area contributed by atoms with E-state index in [1.165, 1.54) is 12.0 Å². The van der Waals surface area contributed by atoms with Crippen LogP contribution in [0.5, 0.6) is 0 Å². The maximum atomic E-state index is 5.06. The normalized spacial score (nSPS) is 25.4. The smallest absolute Gasteiger partial charge is 0.0947 e. The fourth-order valence-electron chi connectivity index (χ4n) is 2.46. The molecule has 1 atom stereocenters. The Bertz CT molecular complexity index is 300. The molecule has 90 valence electrons. The summed E-state index contributed by atoms with van der Waals surface area (Å²) in [6.45, 7) is 8.95. The molecule has 0 bridgehead atoms. The largest absolute Gasteiger partial charge is 0.472 e. The zero-order valence-electron chi connectivity index (χ0n) is 10.3. The molecule has 0 amide bonds. The Morgan fingerprint density at radius 3 is 3.00 bits per heavy atom. The molecule has 3 heteroatoms. The van der Waals surface area contributed by atoms with E-state index in [0.717, 1.165) is 32.1 Å². The Labute approximate surface area is 97.6 Å². The van der Waals surface area contributed by atoms with Crippen LogP contribution in [0.4, 0.5) is 0 Å². The average molecular weight is 222 g/mol. The van der Waals surface area contributed by atoms with Crippen molar-refractivity contribution in [1.82, 2.24) is 10.6 Å². The van der Waals surface area contributed by atoms with E-state index in [1.807, 2.05) is 12.3 Å². The Morgan fingerprint density at radius 1 is 1.56 bits per heavy atom. The van der Waals surface area contributed by atoms with E-state index in [0.29, 0.717) is 5.41 Å². The summed E-state index contributed by atoms with van der Waals surface area (Å²) in [5.74, 6) is 0.722. The van der Waals surface area contributed by atoms with Crippen molar-refractivity contribution in [3.8, 4) is 0 Å². The monoisotopic (exact) mass is 222 g/mol. The third-order valence-electron chi connectivity index (χ3n) is 3.89. The van der Waals surface area contributed by atoms with Crippen LogP contribution in [-0.2, 0) is 6.54 Å². The van der Waals surface area contributed by atoms with Crippen molar-refractivity contribution in [3.63, 3.8) is 0 Å². The van der Waals surface area contributed by atoms with Crippen LogP contribution in [0.2, 0.25) is 0 Å². The van der Waals surface area contributed by atoms with Gasteiger partial charge in [0.25, 0.3) is 0 Å². The second-order valence-corrected chi connectivity index (χ2v) is 5.18. The van der Waals surface area contributed by atoms with E-state index in [-0.39, 0.29) is 0 Å². The van der Waals surface area contributed by atoms with Crippen LogP contribution in [-0.4, -0.2) is 19.6 Å². The third-order valence-corrected chi connectivity index (χ3v) is 3.89. The molecule has 1 aliphatic heterocycles. The van der Waals surface area contributed by atoms with Gasteiger partial charge in [-0.05, 0) is 30.4 Å². The summed E-state index contributed by atoms with van der Waals surface area (Å²) in [5, 5.41) is 7.03.